The molecule has 0 saturated carbocycles. The van der Waals surface area contributed by atoms with Crippen molar-refractivity contribution in [3.05, 3.63) is 11.1 Å². The summed E-state index contributed by atoms with van der Waals surface area (Å²) < 4.78 is 0.944. The molecule has 0 heterocycles. The maximum Gasteiger partial charge on any atom is 0.0446 e. The molecule has 3 heteroatoms. The molecule has 0 fully saturated rings. The fourth-order valence-electron chi connectivity index (χ4n) is 1.20. The smallest absolute Gasteiger partial charge is 0.0446 e. The molecule has 0 saturated heterocycles. The van der Waals surface area contributed by atoms with Gasteiger partial charge in [-0.2, -0.15) is 0 Å². The highest BCUT2D eigenvalue weighted by molar-refractivity contribution is 9.11. The van der Waals surface area contributed by atoms with Crippen molar-refractivity contribution < 1.29 is 5.11 Å². The number of hydrogen-bond acceptors (Lipinski definition) is 2. The molecule has 0 rings (SSSR count). The first-order chi connectivity index (χ1) is 5.88. The molecule has 0 aromatic carbocycles. The lowest BCUT2D eigenvalue weighted by Crippen LogP contribution is -2.41. The average molecular weight is 250 g/mol. The molecule has 0 aliphatic heterocycles. The second-order valence-electron chi connectivity index (χ2n) is 4.33. The van der Waals surface area contributed by atoms with Crippen LogP contribution in [0.15, 0.2) is 11.1 Å². The predicted molar refractivity (Wildman–Crippen MR) is 61.0 cm³/mol. The van der Waals surface area contributed by atoms with Crippen LogP contribution >= 0.6 is 15.9 Å². The second-order valence-corrected chi connectivity index (χ2v) is 5.45. The quantitative estimate of drug-likeness (QED) is 0.784. The standard InChI is InChI=1S/C10H20BrNO/c1-8(11)7-12-9(5-6-13)10(2,3)4/h9,12-13H,1,5-7H2,2-4H3. The summed E-state index contributed by atoms with van der Waals surface area (Å²) in [5.41, 5.74) is 0.172. The van der Waals surface area contributed by atoms with Crippen LogP contribution in [0, 0.1) is 5.41 Å². The Labute approximate surface area is 89.5 Å². The van der Waals surface area contributed by atoms with Gasteiger partial charge >= 0.3 is 0 Å². The summed E-state index contributed by atoms with van der Waals surface area (Å²) >= 11 is 3.30. The van der Waals surface area contributed by atoms with Crippen LogP contribution in [0.3, 0.4) is 0 Å². The van der Waals surface area contributed by atoms with E-state index in [-0.39, 0.29) is 12.0 Å². The Balaban J connectivity index is 4.02. The van der Waals surface area contributed by atoms with Crippen molar-refractivity contribution in [1.82, 2.24) is 5.32 Å². The van der Waals surface area contributed by atoms with Crippen LogP contribution in [-0.4, -0.2) is 24.3 Å². The number of rotatable bonds is 5. The van der Waals surface area contributed by atoms with Gasteiger partial charge in [-0.15, -0.1) is 0 Å². The summed E-state index contributed by atoms with van der Waals surface area (Å²) in [5.74, 6) is 0. The SMILES string of the molecule is C=C(Br)CNC(CCO)C(C)(C)C. The van der Waals surface area contributed by atoms with Gasteiger partial charge in [-0.3, -0.25) is 0 Å². The van der Waals surface area contributed by atoms with Gasteiger partial charge in [0.25, 0.3) is 0 Å². The Bertz CT molecular complexity index is 163. The third-order valence-electron chi connectivity index (χ3n) is 2.00. The van der Waals surface area contributed by atoms with Crippen LogP contribution in [0.2, 0.25) is 0 Å². The topological polar surface area (TPSA) is 32.3 Å². The number of aliphatic hydroxyl groups is 1. The van der Waals surface area contributed by atoms with Crippen LogP contribution in [0.1, 0.15) is 27.2 Å². The Morgan fingerprint density at radius 3 is 2.38 bits per heavy atom. The normalized spacial score (nSPS) is 14.2. The first kappa shape index (κ1) is 13.1. The van der Waals surface area contributed by atoms with E-state index in [4.69, 9.17) is 5.11 Å². The zero-order valence-electron chi connectivity index (χ0n) is 8.73. The minimum atomic E-state index is 0.172. The van der Waals surface area contributed by atoms with Crippen LogP contribution in [0.4, 0.5) is 0 Å². The maximum atomic E-state index is 8.89. The molecule has 0 aliphatic carbocycles. The molecule has 13 heavy (non-hydrogen) atoms. The molecule has 0 spiro atoms. The molecule has 0 bridgehead atoms. The van der Waals surface area contributed by atoms with Crippen LogP contribution in [0.25, 0.3) is 0 Å². The Morgan fingerprint density at radius 1 is 1.54 bits per heavy atom. The number of halogens is 1. The largest absolute Gasteiger partial charge is 0.396 e. The van der Waals surface area contributed by atoms with E-state index in [9.17, 15) is 0 Å². The molecule has 0 aromatic rings. The Kier molecular flexibility index (Phi) is 5.85. The monoisotopic (exact) mass is 249 g/mol. The fraction of sp³-hybridized carbons (Fsp3) is 0.800. The highest BCUT2D eigenvalue weighted by atomic mass is 79.9. The molecule has 78 valence electrons. The highest BCUT2D eigenvalue weighted by Gasteiger charge is 2.23. The van der Waals surface area contributed by atoms with Crippen molar-refractivity contribution in [2.45, 2.75) is 33.2 Å². The molecular formula is C10H20BrNO. The van der Waals surface area contributed by atoms with E-state index >= 15 is 0 Å². The first-order valence-corrected chi connectivity index (χ1v) is 5.34. The molecule has 1 unspecified atom stereocenters. The zero-order valence-corrected chi connectivity index (χ0v) is 10.3. The van der Waals surface area contributed by atoms with Crippen LogP contribution in [0.5, 0.6) is 0 Å². The van der Waals surface area contributed by atoms with Gasteiger partial charge in [0.2, 0.25) is 0 Å². The average Bonchev–Trinajstić information content (AvgIpc) is 1.95. The molecule has 0 aliphatic rings. The molecular weight excluding hydrogens is 230 g/mol. The summed E-state index contributed by atoms with van der Waals surface area (Å²) in [6, 6.07) is 0.326. The van der Waals surface area contributed by atoms with Crippen molar-refractivity contribution in [3.63, 3.8) is 0 Å². The van der Waals surface area contributed by atoms with E-state index in [1.165, 1.54) is 0 Å². The van der Waals surface area contributed by atoms with Gasteiger partial charge in [0.1, 0.15) is 0 Å². The third kappa shape index (κ3) is 6.24. The van der Waals surface area contributed by atoms with Gasteiger partial charge in [0.15, 0.2) is 0 Å². The minimum absolute atomic E-state index is 0.172. The number of hydrogen-bond donors (Lipinski definition) is 2. The number of aliphatic hydroxyl groups excluding tert-OH is 1. The Hall–Kier alpha value is 0.140. The zero-order chi connectivity index (χ0) is 10.5. The molecule has 2 N–H and O–H groups in total. The van der Waals surface area contributed by atoms with Gasteiger partial charge in [-0.25, -0.2) is 0 Å². The lowest BCUT2D eigenvalue weighted by Gasteiger charge is -2.31. The molecule has 0 radical (unpaired) electrons. The van der Waals surface area contributed by atoms with Crippen LogP contribution < -0.4 is 5.32 Å². The van der Waals surface area contributed by atoms with Gasteiger partial charge in [-0.05, 0) is 11.8 Å². The van der Waals surface area contributed by atoms with Gasteiger partial charge in [0.05, 0.1) is 0 Å². The summed E-state index contributed by atoms with van der Waals surface area (Å²) in [4.78, 5) is 0. The van der Waals surface area contributed by atoms with E-state index in [2.05, 4.69) is 48.6 Å². The minimum Gasteiger partial charge on any atom is -0.396 e. The van der Waals surface area contributed by atoms with E-state index in [0.29, 0.717) is 6.04 Å². The predicted octanol–water partition coefficient (Wildman–Crippen LogP) is 2.28. The maximum absolute atomic E-state index is 8.89. The molecule has 0 aromatic heterocycles. The highest BCUT2D eigenvalue weighted by Crippen LogP contribution is 2.21. The molecule has 0 amide bonds. The first-order valence-electron chi connectivity index (χ1n) is 4.55. The van der Waals surface area contributed by atoms with Gasteiger partial charge in [-0.1, -0.05) is 43.3 Å². The molecule has 1 atom stereocenters. The Morgan fingerprint density at radius 2 is 2.08 bits per heavy atom. The van der Waals surface area contributed by atoms with Crippen molar-refractivity contribution in [2.24, 2.45) is 5.41 Å². The fourth-order valence-corrected chi connectivity index (χ4v) is 1.37. The van der Waals surface area contributed by atoms with E-state index in [1.54, 1.807) is 0 Å². The summed E-state index contributed by atoms with van der Waals surface area (Å²) in [5, 5.41) is 12.2. The summed E-state index contributed by atoms with van der Waals surface area (Å²) in [6.07, 6.45) is 0.782. The van der Waals surface area contributed by atoms with E-state index < -0.39 is 0 Å². The van der Waals surface area contributed by atoms with E-state index in [0.717, 1.165) is 17.4 Å². The van der Waals surface area contributed by atoms with Crippen molar-refractivity contribution in [3.8, 4) is 0 Å². The van der Waals surface area contributed by atoms with Crippen molar-refractivity contribution in [2.75, 3.05) is 13.2 Å². The summed E-state index contributed by atoms with van der Waals surface area (Å²) in [6.45, 7) is 11.2. The lowest BCUT2D eigenvalue weighted by atomic mass is 9.85. The van der Waals surface area contributed by atoms with Crippen molar-refractivity contribution in [1.29, 1.82) is 0 Å². The third-order valence-corrected chi connectivity index (χ3v) is 2.28. The van der Waals surface area contributed by atoms with Gasteiger partial charge in [0, 0.05) is 23.7 Å². The second kappa shape index (κ2) is 5.78. The molecule has 2 nitrogen and oxygen atoms in total. The lowest BCUT2D eigenvalue weighted by molar-refractivity contribution is 0.201. The van der Waals surface area contributed by atoms with Crippen molar-refractivity contribution >= 4 is 15.9 Å². The van der Waals surface area contributed by atoms with Crippen LogP contribution in [-0.2, 0) is 0 Å². The number of nitrogens with one attached hydrogen (secondary N) is 1. The summed E-state index contributed by atoms with van der Waals surface area (Å²) in [7, 11) is 0. The van der Waals surface area contributed by atoms with E-state index in [1.807, 2.05) is 0 Å². The van der Waals surface area contributed by atoms with Gasteiger partial charge < -0.3 is 10.4 Å².